The lowest BCUT2D eigenvalue weighted by atomic mass is 10.0. The van der Waals surface area contributed by atoms with Crippen LogP contribution in [-0.4, -0.2) is 40.4 Å². The molecule has 1 fully saturated rings. The average molecular weight is 495 g/mol. The number of carbonyl (C=O) groups excluding carboxylic acids is 1. The minimum atomic E-state index is -4.03. The lowest BCUT2D eigenvalue weighted by molar-refractivity contribution is -0.149. The molecule has 12 heteroatoms. The number of nitrogens with zero attached hydrogens (tertiary/aromatic N) is 1. The molecule has 5 atom stereocenters. The zero-order valence-corrected chi connectivity index (χ0v) is 20.4. The molecule has 2 heterocycles. The van der Waals surface area contributed by atoms with E-state index < -0.39 is 43.3 Å². The number of ether oxygens (including phenoxy) is 2. The number of para-hydroxylation sites is 1. The van der Waals surface area contributed by atoms with Gasteiger partial charge in [-0.15, -0.1) is 0 Å². The van der Waals surface area contributed by atoms with Gasteiger partial charge in [0.1, 0.15) is 18.0 Å². The van der Waals surface area contributed by atoms with Crippen LogP contribution in [0.5, 0.6) is 5.75 Å². The van der Waals surface area contributed by atoms with E-state index >= 15 is 0 Å². The molecule has 0 spiro atoms. The van der Waals surface area contributed by atoms with E-state index in [2.05, 4.69) is 10.1 Å². The summed E-state index contributed by atoms with van der Waals surface area (Å²) in [5, 5.41) is 2.63. The molecule has 0 radical (unpaired) electrons. The Bertz CT molecular complexity index is 1130. The molecular weight excluding hydrogens is 465 g/mol. The number of H-pyrrole nitrogens is 1. The molecule has 11 nitrogen and oxygen atoms in total. The molecule has 1 aromatic carbocycles. The van der Waals surface area contributed by atoms with Crippen molar-refractivity contribution in [1.82, 2.24) is 14.6 Å². The van der Waals surface area contributed by atoms with Crippen molar-refractivity contribution in [1.29, 1.82) is 0 Å². The molecular formula is C22H30N3O8P. The predicted molar refractivity (Wildman–Crippen MR) is 123 cm³/mol. The predicted octanol–water partition coefficient (Wildman–Crippen LogP) is 2.59. The van der Waals surface area contributed by atoms with Gasteiger partial charge >= 0.3 is 19.4 Å². The maximum Gasteiger partial charge on any atom is 0.459 e. The van der Waals surface area contributed by atoms with Crippen LogP contribution in [0.3, 0.4) is 0 Å². The fraction of sp³-hybridized carbons (Fsp3) is 0.500. The molecule has 186 valence electrons. The number of esters is 1. The van der Waals surface area contributed by atoms with Crippen LogP contribution in [0.2, 0.25) is 0 Å². The Hall–Kier alpha value is -2.72. The Morgan fingerprint density at radius 1 is 1.24 bits per heavy atom. The van der Waals surface area contributed by atoms with E-state index in [1.165, 1.54) is 23.8 Å². The first-order valence-corrected chi connectivity index (χ1v) is 12.5. The summed E-state index contributed by atoms with van der Waals surface area (Å²) in [5.74, 6) is -0.364. The first-order chi connectivity index (χ1) is 16.1. The van der Waals surface area contributed by atoms with Crippen LogP contribution >= 0.6 is 7.75 Å². The highest BCUT2D eigenvalue weighted by atomic mass is 31.2. The molecule has 2 N–H and O–H groups in total. The number of hydrogen-bond acceptors (Lipinski definition) is 8. The smallest absolute Gasteiger partial charge is 0.459 e. The van der Waals surface area contributed by atoms with Crippen molar-refractivity contribution in [3.63, 3.8) is 0 Å². The number of aromatic nitrogens is 2. The number of rotatable bonds is 10. The van der Waals surface area contributed by atoms with E-state index in [-0.39, 0.29) is 18.6 Å². The summed E-state index contributed by atoms with van der Waals surface area (Å²) in [6, 6.07) is 8.70. The molecule has 1 aliphatic heterocycles. The SMILES string of the molecule is CC(C)OC(=O)[C@@H](C)NP(=O)(OC[C@H]1O[C@@H](n2ccc(=O)[nH]c2=O)C[C@H]1C)Oc1ccccc1. The van der Waals surface area contributed by atoms with Gasteiger partial charge in [0.25, 0.3) is 5.56 Å². The van der Waals surface area contributed by atoms with Crippen molar-refractivity contribution in [2.24, 2.45) is 5.92 Å². The lowest BCUT2D eigenvalue weighted by Gasteiger charge is -2.25. The zero-order chi connectivity index (χ0) is 24.9. The van der Waals surface area contributed by atoms with Crippen molar-refractivity contribution < 1.29 is 27.9 Å². The van der Waals surface area contributed by atoms with Crippen molar-refractivity contribution in [3.05, 3.63) is 63.4 Å². The largest absolute Gasteiger partial charge is 0.462 e. The minimum Gasteiger partial charge on any atom is -0.462 e. The second-order valence-corrected chi connectivity index (χ2v) is 10.1. The number of nitrogens with one attached hydrogen (secondary N) is 2. The van der Waals surface area contributed by atoms with E-state index in [4.69, 9.17) is 18.5 Å². The normalized spacial score (nSPS) is 22.8. The van der Waals surface area contributed by atoms with Crippen molar-refractivity contribution in [2.75, 3.05) is 6.61 Å². The number of hydrogen-bond donors (Lipinski definition) is 2. The fourth-order valence-corrected chi connectivity index (χ4v) is 4.91. The Morgan fingerprint density at radius 2 is 1.94 bits per heavy atom. The van der Waals surface area contributed by atoms with Crippen molar-refractivity contribution in [3.8, 4) is 5.75 Å². The highest BCUT2D eigenvalue weighted by Gasteiger charge is 2.38. The van der Waals surface area contributed by atoms with Gasteiger partial charge in [-0.25, -0.2) is 9.36 Å². The van der Waals surface area contributed by atoms with E-state index in [1.807, 2.05) is 6.92 Å². The zero-order valence-electron chi connectivity index (χ0n) is 19.5. The van der Waals surface area contributed by atoms with Crippen LogP contribution in [0.25, 0.3) is 0 Å². The molecule has 1 saturated heterocycles. The monoisotopic (exact) mass is 495 g/mol. The lowest BCUT2D eigenvalue weighted by Crippen LogP contribution is -2.37. The summed E-state index contributed by atoms with van der Waals surface area (Å²) in [6.07, 6.45) is 0.378. The van der Waals surface area contributed by atoms with Crippen LogP contribution in [0, 0.1) is 5.92 Å². The van der Waals surface area contributed by atoms with E-state index in [1.54, 1.807) is 44.2 Å². The van der Waals surface area contributed by atoms with Crippen molar-refractivity contribution in [2.45, 2.75) is 58.6 Å². The third-order valence-electron chi connectivity index (χ3n) is 5.14. The van der Waals surface area contributed by atoms with Gasteiger partial charge in [0, 0.05) is 12.3 Å². The molecule has 0 bridgehead atoms. The molecule has 0 saturated carbocycles. The Morgan fingerprint density at radius 3 is 2.59 bits per heavy atom. The highest BCUT2D eigenvalue weighted by Crippen LogP contribution is 2.46. The van der Waals surface area contributed by atoms with Crippen molar-refractivity contribution >= 4 is 13.7 Å². The first-order valence-electron chi connectivity index (χ1n) is 11.0. The van der Waals surface area contributed by atoms with Gasteiger partial charge < -0.3 is 14.0 Å². The molecule has 1 aliphatic rings. The summed E-state index contributed by atoms with van der Waals surface area (Å²) in [7, 11) is -4.03. The summed E-state index contributed by atoms with van der Waals surface area (Å²) in [6.45, 7) is 6.71. The van der Waals surface area contributed by atoms with E-state index in [0.717, 1.165) is 0 Å². The van der Waals surface area contributed by atoms with Crippen LogP contribution in [0.15, 0.2) is 52.2 Å². The standard InChI is InChI=1S/C22H30N3O8P/c1-14(2)31-21(27)16(4)24-34(29,33-17-8-6-5-7-9-17)30-13-18-15(3)12-20(32-18)25-11-10-19(26)23-22(25)28/h5-11,14-16,18,20H,12-13H2,1-4H3,(H,24,29)(H,23,26,28)/t15-,16-,18-,20-,34?/m1/s1. The third kappa shape index (κ3) is 6.89. The van der Waals surface area contributed by atoms with Gasteiger partial charge in [0.2, 0.25) is 0 Å². The fourth-order valence-electron chi connectivity index (χ4n) is 3.40. The Kier molecular flexibility index (Phi) is 8.48. The maximum atomic E-state index is 13.6. The molecule has 1 unspecified atom stereocenters. The minimum absolute atomic E-state index is 0.0580. The molecule has 2 aromatic rings. The topological polar surface area (TPSA) is 138 Å². The van der Waals surface area contributed by atoms with E-state index in [0.29, 0.717) is 12.2 Å². The maximum absolute atomic E-state index is 13.6. The average Bonchev–Trinajstić information content (AvgIpc) is 3.12. The van der Waals surface area contributed by atoms with Crippen LogP contribution in [0.4, 0.5) is 0 Å². The summed E-state index contributed by atoms with van der Waals surface area (Å²) in [4.78, 5) is 37.9. The van der Waals surface area contributed by atoms with E-state index in [9.17, 15) is 18.9 Å². The summed E-state index contributed by atoms with van der Waals surface area (Å²) in [5.41, 5.74) is -1.08. The molecule has 34 heavy (non-hydrogen) atoms. The number of carbonyl (C=O) groups is 1. The highest BCUT2D eigenvalue weighted by molar-refractivity contribution is 7.52. The van der Waals surface area contributed by atoms with Gasteiger partial charge in [-0.3, -0.25) is 23.7 Å². The van der Waals surface area contributed by atoms with Gasteiger partial charge in [-0.2, -0.15) is 5.09 Å². The van der Waals surface area contributed by atoms with Crippen LogP contribution in [-0.2, 0) is 23.4 Å². The molecule has 0 amide bonds. The Labute approximate surface area is 197 Å². The van der Waals surface area contributed by atoms with Gasteiger partial charge in [-0.05, 0) is 45.2 Å². The van der Waals surface area contributed by atoms with Gasteiger partial charge in [-0.1, -0.05) is 25.1 Å². The number of benzene rings is 1. The second kappa shape index (κ2) is 11.1. The number of aromatic amines is 1. The Balaban J connectivity index is 1.71. The second-order valence-electron chi connectivity index (χ2n) is 8.39. The molecule has 1 aromatic heterocycles. The van der Waals surface area contributed by atoms with Crippen LogP contribution in [0.1, 0.15) is 40.3 Å². The van der Waals surface area contributed by atoms with Gasteiger partial charge in [0.05, 0.1) is 18.8 Å². The van der Waals surface area contributed by atoms with Crippen LogP contribution < -0.4 is 20.9 Å². The quantitative estimate of drug-likeness (QED) is 0.376. The molecule has 3 rings (SSSR count). The first kappa shape index (κ1) is 25.9. The third-order valence-corrected chi connectivity index (χ3v) is 6.78. The summed E-state index contributed by atoms with van der Waals surface area (Å²) >= 11 is 0. The van der Waals surface area contributed by atoms with Gasteiger partial charge in [0.15, 0.2) is 0 Å². The summed E-state index contributed by atoms with van der Waals surface area (Å²) < 4.78 is 37.3. The molecule has 0 aliphatic carbocycles.